The van der Waals surface area contributed by atoms with Crippen molar-refractivity contribution in [3.63, 3.8) is 0 Å². The minimum Gasteiger partial charge on any atom is -0.266 e. The van der Waals surface area contributed by atoms with E-state index in [1.165, 1.54) is 5.69 Å². The Balaban J connectivity index is 2.11. The highest BCUT2D eigenvalue weighted by Gasteiger charge is 2.05. The van der Waals surface area contributed by atoms with Gasteiger partial charge in [-0.2, -0.15) is 5.10 Å². The first kappa shape index (κ1) is 9.40. The van der Waals surface area contributed by atoms with E-state index in [1.54, 1.807) is 17.5 Å². The summed E-state index contributed by atoms with van der Waals surface area (Å²) in [5.41, 5.74) is 1.18. The number of thiazole rings is 1. The van der Waals surface area contributed by atoms with E-state index < -0.39 is 0 Å². The number of hydrogen-bond donors (Lipinski definition) is 0. The fourth-order valence-corrected chi connectivity index (χ4v) is 2.14. The Labute approximate surface area is 87.4 Å². The molecular weight excluding hydrogens is 194 g/mol. The van der Waals surface area contributed by atoms with Crippen LogP contribution in [0.15, 0.2) is 23.8 Å². The molecule has 0 unspecified atom stereocenters. The molecule has 0 fully saturated rings. The van der Waals surface area contributed by atoms with Crippen molar-refractivity contribution >= 4 is 11.3 Å². The first-order valence-corrected chi connectivity index (χ1v) is 5.55. The van der Waals surface area contributed by atoms with Crippen molar-refractivity contribution in [1.29, 1.82) is 0 Å². The normalized spacial score (nSPS) is 11.1. The molecule has 0 aliphatic carbocycles. The van der Waals surface area contributed by atoms with Crippen molar-refractivity contribution < 1.29 is 0 Å². The summed E-state index contributed by atoms with van der Waals surface area (Å²) < 4.78 is 1.89. The van der Waals surface area contributed by atoms with Crippen molar-refractivity contribution in [2.45, 2.75) is 26.3 Å². The first-order chi connectivity index (χ1) is 6.75. The van der Waals surface area contributed by atoms with Crippen LogP contribution >= 0.6 is 11.3 Å². The summed E-state index contributed by atoms with van der Waals surface area (Å²) in [5.74, 6) is 0.512. The summed E-state index contributed by atoms with van der Waals surface area (Å²) in [6.07, 6.45) is 3.74. The van der Waals surface area contributed by atoms with Crippen LogP contribution in [0.1, 0.15) is 30.5 Å². The Morgan fingerprint density at radius 2 is 2.36 bits per heavy atom. The summed E-state index contributed by atoms with van der Waals surface area (Å²) >= 11 is 1.70. The number of rotatable bonds is 3. The lowest BCUT2D eigenvalue weighted by atomic mass is 10.2. The first-order valence-electron chi connectivity index (χ1n) is 4.67. The van der Waals surface area contributed by atoms with Crippen LogP contribution in [-0.2, 0) is 6.54 Å². The topological polar surface area (TPSA) is 30.7 Å². The molecule has 0 saturated carbocycles. The van der Waals surface area contributed by atoms with E-state index in [9.17, 15) is 0 Å². The minimum absolute atomic E-state index is 0.512. The van der Waals surface area contributed by atoms with Crippen molar-refractivity contribution in [1.82, 2.24) is 14.8 Å². The molecule has 0 atom stereocenters. The van der Waals surface area contributed by atoms with Gasteiger partial charge in [-0.1, -0.05) is 13.8 Å². The molecule has 0 aliphatic heterocycles. The maximum Gasteiger partial charge on any atom is 0.114 e. The Bertz CT molecular complexity index is 389. The number of nitrogens with zero attached hydrogens (tertiary/aromatic N) is 3. The smallest absolute Gasteiger partial charge is 0.114 e. The van der Waals surface area contributed by atoms with Gasteiger partial charge in [0, 0.05) is 17.8 Å². The lowest BCUT2D eigenvalue weighted by Crippen LogP contribution is -1.99. The fraction of sp³-hybridized carbons (Fsp3) is 0.400. The zero-order valence-electron chi connectivity index (χ0n) is 8.34. The average molecular weight is 207 g/mol. The van der Waals surface area contributed by atoms with Gasteiger partial charge in [-0.25, -0.2) is 4.98 Å². The lowest BCUT2D eigenvalue weighted by molar-refractivity contribution is 0.678. The number of hydrogen-bond acceptors (Lipinski definition) is 3. The molecular formula is C10H13N3S. The summed E-state index contributed by atoms with van der Waals surface area (Å²) in [6.45, 7) is 5.10. The minimum atomic E-state index is 0.512. The Morgan fingerprint density at radius 3 is 2.93 bits per heavy atom. The second-order valence-corrected chi connectivity index (χ2v) is 4.47. The molecule has 0 saturated heterocycles. The molecule has 0 spiro atoms. The van der Waals surface area contributed by atoms with Crippen LogP contribution in [0.2, 0.25) is 0 Å². The van der Waals surface area contributed by atoms with E-state index in [2.05, 4.69) is 29.3 Å². The molecule has 2 aromatic rings. The summed E-state index contributed by atoms with van der Waals surface area (Å²) in [6, 6.07) is 1.93. The molecule has 0 aromatic carbocycles. The van der Waals surface area contributed by atoms with Crippen LogP contribution in [0, 0.1) is 0 Å². The van der Waals surface area contributed by atoms with Crippen LogP contribution in [0.25, 0.3) is 0 Å². The number of aromatic nitrogens is 3. The second-order valence-electron chi connectivity index (χ2n) is 3.52. The highest BCUT2D eigenvalue weighted by molar-refractivity contribution is 7.09. The van der Waals surface area contributed by atoms with E-state index in [4.69, 9.17) is 0 Å². The monoisotopic (exact) mass is 207 g/mol. The highest BCUT2D eigenvalue weighted by Crippen LogP contribution is 2.18. The van der Waals surface area contributed by atoms with E-state index in [-0.39, 0.29) is 0 Å². The molecule has 74 valence electrons. The quantitative estimate of drug-likeness (QED) is 0.774. The summed E-state index contributed by atoms with van der Waals surface area (Å²) in [4.78, 5) is 4.54. The van der Waals surface area contributed by atoms with E-state index in [0.717, 1.165) is 11.6 Å². The van der Waals surface area contributed by atoms with Gasteiger partial charge in [-0.3, -0.25) is 4.68 Å². The third-order valence-corrected chi connectivity index (χ3v) is 2.87. The van der Waals surface area contributed by atoms with Crippen LogP contribution < -0.4 is 0 Å². The van der Waals surface area contributed by atoms with E-state index in [0.29, 0.717) is 5.92 Å². The maximum absolute atomic E-state index is 4.54. The summed E-state index contributed by atoms with van der Waals surface area (Å²) in [7, 11) is 0. The standard InChI is InChI=1S/C10H13N3S/c1-8(2)9-7-14-10(12-9)6-13-5-3-4-11-13/h3-5,7-8H,6H2,1-2H3. The largest absolute Gasteiger partial charge is 0.266 e. The van der Waals surface area contributed by atoms with Crippen molar-refractivity contribution in [3.8, 4) is 0 Å². The molecule has 4 heteroatoms. The van der Waals surface area contributed by atoms with Gasteiger partial charge >= 0.3 is 0 Å². The fourth-order valence-electron chi connectivity index (χ4n) is 1.20. The summed E-state index contributed by atoms with van der Waals surface area (Å²) in [5, 5.41) is 7.40. The zero-order valence-corrected chi connectivity index (χ0v) is 9.16. The van der Waals surface area contributed by atoms with Crippen molar-refractivity contribution in [3.05, 3.63) is 34.5 Å². The van der Waals surface area contributed by atoms with Gasteiger partial charge < -0.3 is 0 Å². The zero-order chi connectivity index (χ0) is 9.97. The third kappa shape index (κ3) is 2.01. The molecule has 0 bridgehead atoms. The Morgan fingerprint density at radius 1 is 1.50 bits per heavy atom. The molecule has 0 amide bonds. The molecule has 3 nitrogen and oxygen atoms in total. The highest BCUT2D eigenvalue weighted by atomic mass is 32.1. The van der Waals surface area contributed by atoms with Gasteiger partial charge in [0.25, 0.3) is 0 Å². The predicted molar refractivity (Wildman–Crippen MR) is 57.5 cm³/mol. The molecule has 2 rings (SSSR count). The SMILES string of the molecule is CC(C)c1csc(Cn2cccn2)n1. The van der Waals surface area contributed by atoms with Crippen LogP contribution in [0.5, 0.6) is 0 Å². The van der Waals surface area contributed by atoms with Gasteiger partial charge in [0.05, 0.1) is 12.2 Å². The van der Waals surface area contributed by atoms with Gasteiger partial charge in [-0.15, -0.1) is 11.3 Å². The third-order valence-electron chi connectivity index (χ3n) is 2.02. The van der Waals surface area contributed by atoms with Crippen molar-refractivity contribution in [2.75, 3.05) is 0 Å². The average Bonchev–Trinajstić information content (AvgIpc) is 2.75. The van der Waals surface area contributed by atoms with Gasteiger partial charge in [0.2, 0.25) is 0 Å². The van der Waals surface area contributed by atoms with Crippen molar-refractivity contribution in [2.24, 2.45) is 0 Å². The Hall–Kier alpha value is -1.16. The van der Waals surface area contributed by atoms with E-state index >= 15 is 0 Å². The predicted octanol–water partition coefficient (Wildman–Crippen LogP) is 2.51. The van der Waals surface area contributed by atoms with Crippen LogP contribution in [-0.4, -0.2) is 14.8 Å². The molecule has 0 radical (unpaired) electrons. The molecule has 2 heterocycles. The molecule has 2 aromatic heterocycles. The second kappa shape index (κ2) is 3.92. The maximum atomic E-state index is 4.54. The van der Waals surface area contributed by atoms with Crippen LogP contribution in [0.3, 0.4) is 0 Å². The Kier molecular flexibility index (Phi) is 2.63. The van der Waals surface area contributed by atoms with Gasteiger partial charge in [-0.05, 0) is 12.0 Å². The van der Waals surface area contributed by atoms with Crippen LogP contribution in [0.4, 0.5) is 0 Å². The molecule has 0 N–H and O–H groups in total. The van der Waals surface area contributed by atoms with E-state index in [1.807, 2.05) is 16.9 Å². The molecule has 0 aliphatic rings. The lowest BCUT2D eigenvalue weighted by Gasteiger charge is -1.98. The van der Waals surface area contributed by atoms with Gasteiger partial charge in [0.1, 0.15) is 5.01 Å². The van der Waals surface area contributed by atoms with Gasteiger partial charge in [0.15, 0.2) is 0 Å². The molecule has 14 heavy (non-hydrogen) atoms.